The van der Waals surface area contributed by atoms with Crippen LogP contribution >= 0.6 is 11.3 Å². The number of amides is 2. The summed E-state index contributed by atoms with van der Waals surface area (Å²) in [5.74, 6) is -0.854. The molecule has 2 rings (SSSR count). The number of aromatic nitrogens is 1. The summed E-state index contributed by atoms with van der Waals surface area (Å²) in [6.45, 7) is 3.10. The van der Waals surface area contributed by atoms with E-state index in [1.165, 1.54) is 4.88 Å². The minimum atomic E-state index is -0.854. The number of rotatable bonds is 5. The number of piperidine rings is 1. The van der Waals surface area contributed by atoms with Crippen molar-refractivity contribution in [3.05, 3.63) is 16.1 Å². The summed E-state index contributed by atoms with van der Waals surface area (Å²) < 4.78 is 0. The van der Waals surface area contributed by atoms with E-state index in [0.717, 1.165) is 30.7 Å². The molecule has 0 spiro atoms. The largest absolute Gasteiger partial charge is 0.481 e. The van der Waals surface area contributed by atoms with Crippen molar-refractivity contribution in [2.75, 3.05) is 6.54 Å². The lowest BCUT2D eigenvalue weighted by Gasteiger charge is -2.34. The fourth-order valence-corrected chi connectivity index (χ4v) is 3.33. The molecule has 1 saturated heterocycles. The molecule has 1 fully saturated rings. The van der Waals surface area contributed by atoms with Gasteiger partial charge in [-0.05, 0) is 25.7 Å². The number of aryl methyl sites for hydroxylation is 1. The monoisotopic (exact) mass is 311 g/mol. The Kier molecular flexibility index (Phi) is 5.55. The van der Waals surface area contributed by atoms with Gasteiger partial charge in [-0.25, -0.2) is 9.78 Å². The Labute approximate surface area is 128 Å². The molecule has 1 aliphatic heterocycles. The molecule has 1 atom stereocenters. The van der Waals surface area contributed by atoms with Crippen LogP contribution in [0.25, 0.3) is 0 Å². The summed E-state index contributed by atoms with van der Waals surface area (Å²) in [6, 6.07) is -0.382. The van der Waals surface area contributed by atoms with Gasteiger partial charge >= 0.3 is 12.0 Å². The van der Waals surface area contributed by atoms with E-state index in [9.17, 15) is 9.59 Å². The Morgan fingerprint density at radius 1 is 1.52 bits per heavy atom. The van der Waals surface area contributed by atoms with Crippen LogP contribution in [0.3, 0.4) is 0 Å². The smallest absolute Gasteiger partial charge is 0.318 e. The Morgan fingerprint density at radius 2 is 2.33 bits per heavy atom. The van der Waals surface area contributed by atoms with Gasteiger partial charge in [-0.1, -0.05) is 6.92 Å². The summed E-state index contributed by atoms with van der Waals surface area (Å²) in [5, 5.41) is 12.7. The third kappa shape index (κ3) is 4.42. The van der Waals surface area contributed by atoms with Gasteiger partial charge in [0.15, 0.2) is 0 Å². The lowest BCUT2D eigenvalue weighted by atomic mass is 10.00. The highest BCUT2D eigenvalue weighted by Crippen LogP contribution is 2.20. The average molecular weight is 311 g/mol. The van der Waals surface area contributed by atoms with Crippen molar-refractivity contribution in [1.82, 2.24) is 15.2 Å². The van der Waals surface area contributed by atoms with Crippen molar-refractivity contribution < 1.29 is 14.7 Å². The molecule has 0 saturated carbocycles. The Bertz CT molecular complexity index is 503. The summed E-state index contributed by atoms with van der Waals surface area (Å²) >= 11 is 1.59. The third-order valence-corrected chi connectivity index (χ3v) is 4.78. The van der Waals surface area contributed by atoms with Crippen LogP contribution in [-0.4, -0.2) is 39.6 Å². The lowest BCUT2D eigenvalue weighted by molar-refractivity contribution is -0.138. The molecule has 7 heteroatoms. The van der Waals surface area contributed by atoms with Crippen LogP contribution in [0.2, 0.25) is 0 Å². The second-order valence-corrected chi connectivity index (χ2v) is 6.37. The zero-order valence-corrected chi connectivity index (χ0v) is 13.0. The second-order valence-electron chi connectivity index (χ2n) is 5.17. The van der Waals surface area contributed by atoms with E-state index >= 15 is 0 Å². The van der Waals surface area contributed by atoms with Crippen molar-refractivity contribution in [2.45, 2.75) is 51.6 Å². The van der Waals surface area contributed by atoms with E-state index in [2.05, 4.69) is 17.2 Å². The number of hydrogen-bond donors (Lipinski definition) is 2. The van der Waals surface area contributed by atoms with Gasteiger partial charge < -0.3 is 15.3 Å². The Balaban J connectivity index is 1.89. The molecule has 2 amide bonds. The minimum Gasteiger partial charge on any atom is -0.481 e. The molecule has 6 nitrogen and oxygen atoms in total. The van der Waals surface area contributed by atoms with Crippen LogP contribution in [0.4, 0.5) is 4.79 Å². The summed E-state index contributed by atoms with van der Waals surface area (Å²) in [4.78, 5) is 30.2. The third-order valence-electron chi connectivity index (χ3n) is 3.64. The first-order chi connectivity index (χ1) is 10.1. The van der Waals surface area contributed by atoms with Gasteiger partial charge in [0.05, 0.1) is 13.0 Å². The van der Waals surface area contributed by atoms with E-state index in [-0.39, 0.29) is 18.5 Å². The summed E-state index contributed by atoms with van der Waals surface area (Å²) in [7, 11) is 0. The summed E-state index contributed by atoms with van der Waals surface area (Å²) in [6.07, 6.45) is 5.47. The Morgan fingerprint density at radius 3 is 3.00 bits per heavy atom. The molecule has 0 aromatic carbocycles. The lowest BCUT2D eigenvalue weighted by Crippen LogP contribution is -2.49. The molecule has 0 aliphatic carbocycles. The molecule has 1 aromatic heterocycles. The number of likely N-dealkylation sites (tertiary alicyclic amines) is 1. The molecule has 1 aromatic rings. The number of carbonyl (C=O) groups excluding carboxylic acids is 1. The number of hydrogen-bond acceptors (Lipinski definition) is 4. The molecule has 2 N–H and O–H groups in total. The van der Waals surface area contributed by atoms with Gasteiger partial charge in [0.2, 0.25) is 0 Å². The average Bonchev–Trinajstić information content (AvgIpc) is 2.93. The van der Waals surface area contributed by atoms with Gasteiger partial charge in [-0.15, -0.1) is 11.3 Å². The number of nitrogens with zero attached hydrogens (tertiary/aromatic N) is 2. The van der Waals surface area contributed by atoms with Gasteiger partial charge in [-0.2, -0.15) is 0 Å². The number of carbonyl (C=O) groups is 2. The fraction of sp³-hybridized carbons (Fsp3) is 0.643. The Hall–Kier alpha value is -1.63. The molecule has 116 valence electrons. The quantitative estimate of drug-likeness (QED) is 0.873. The van der Waals surface area contributed by atoms with Crippen LogP contribution in [0.15, 0.2) is 6.20 Å². The van der Waals surface area contributed by atoms with Gasteiger partial charge in [-0.3, -0.25) is 4.79 Å². The van der Waals surface area contributed by atoms with Crippen LogP contribution in [0, 0.1) is 0 Å². The predicted octanol–water partition coefficient (Wildman–Crippen LogP) is 2.24. The van der Waals surface area contributed by atoms with Gasteiger partial charge in [0.1, 0.15) is 5.01 Å². The molecule has 21 heavy (non-hydrogen) atoms. The normalized spacial score (nSPS) is 18.5. The highest BCUT2D eigenvalue weighted by Gasteiger charge is 2.28. The number of urea groups is 1. The maximum absolute atomic E-state index is 12.2. The first-order valence-electron chi connectivity index (χ1n) is 7.30. The van der Waals surface area contributed by atoms with Gasteiger partial charge in [0, 0.05) is 23.7 Å². The van der Waals surface area contributed by atoms with Crippen LogP contribution < -0.4 is 5.32 Å². The number of aliphatic carboxylic acids is 1. The maximum Gasteiger partial charge on any atom is 0.318 e. The van der Waals surface area contributed by atoms with E-state index in [0.29, 0.717) is 13.1 Å². The van der Waals surface area contributed by atoms with Crippen molar-refractivity contribution in [3.8, 4) is 0 Å². The molecular formula is C14H21N3O3S. The number of nitrogens with one attached hydrogen (secondary N) is 1. The zero-order valence-electron chi connectivity index (χ0n) is 12.2. The van der Waals surface area contributed by atoms with E-state index in [1.807, 2.05) is 6.20 Å². The molecular weight excluding hydrogens is 290 g/mol. The van der Waals surface area contributed by atoms with Crippen molar-refractivity contribution in [2.24, 2.45) is 0 Å². The second kappa shape index (κ2) is 7.40. The molecule has 1 unspecified atom stereocenters. The van der Waals surface area contributed by atoms with E-state index in [4.69, 9.17) is 5.11 Å². The highest BCUT2D eigenvalue weighted by atomic mass is 32.1. The molecule has 2 heterocycles. The first kappa shape index (κ1) is 15.8. The molecule has 0 radical (unpaired) electrons. The van der Waals surface area contributed by atoms with Gasteiger partial charge in [0.25, 0.3) is 0 Å². The number of thiazole rings is 1. The van der Waals surface area contributed by atoms with Crippen molar-refractivity contribution >= 4 is 23.3 Å². The number of carboxylic acid groups (broad SMARTS) is 1. The minimum absolute atomic E-state index is 0.0185. The maximum atomic E-state index is 12.2. The fourth-order valence-electron chi connectivity index (χ4n) is 2.53. The SMILES string of the molecule is CCc1cnc(CNC(=O)N2CCCCC2CC(=O)O)s1. The predicted molar refractivity (Wildman–Crippen MR) is 80.3 cm³/mol. The molecule has 1 aliphatic rings. The van der Waals surface area contributed by atoms with Crippen molar-refractivity contribution in [3.63, 3.8) is 0 Å². The topological polar surface area (TPSA) is 82.5 Å². The van der Waals surface area contributed by atoms with Crippen LogP contribution in [-0.2, 0) is 17.8 Å². The van der Waals surface area contributed by atoms with E-state index < -0.39 is 5.97 Å². The standard InChI is InChI=1S/C14H21N3O3S/c1-2-11-8-15-12(21-11)9-16-14(20)17-6-4-3-5-10(17)7-13(18)19/h8,10H,2-7,9H2,1H3,(H,16,20)(H,18,19). The number of carboxylic acids is 1. The first-order valence-corrected chi connectivity index (χ1v) is 8.11. The zero-order chi connectivity index (χ0) is 15.2. The van der Waals surface area contributed by atoms with Crippen LogP contribution in [0.5, 0.6) is 0 Å². The van der Waals surface area contributed by atoms with Crippen LogP contribution in [0.1, 0.15) is 42.5 Å². The van der Waals surface area contributed by atoms with E-state index in [1.54, 1.807) is 16.2 Å². The highest BCUT2D eigenvalue weighted by molar-refractivity contribution is 7.11. The summed E-state index contributed by atoms with van der Waals surface area (Å²) in [5.41, 5.74) is 0. The van der Waals surface area contributed by atoms with Crippen molar-refractivity contribution in [1.29, 1.82) is 0 Å². The molecule has 0 bridgehead atoms.